The number of ether oxygens (including phenoxy) is 2. The van der Waals surface area contributed by atoms with E-state index in [4.69, 9.17) is 9.47 Å². The number of benzene rings is 1. The first kappa shape index (κ1) is 28.0. The van der Waals surface area contributed by atoms with Gasteiger partial charge in [0.05, 0.1) is 17.1 Å². The molecule has 2 aromatic heterocycles. The van der Waals surface area contributed by atoms with E-state index in [9.17, 15) is 18.0 Å². The molecule has 216 valence electrons. The molecule has 40 heavy (non-hydrogen) atoms. The van der Waals surface area contributed by atoms with Crippen molar-refractivity contribution < 1.29 is 22.7 Å². The number of H-pyrrole nitrogens is 1. The number of rotatable bonds is 6. The average molecular weight is 574 g/mol. The third kappa shape index (κ3) is 5.55. The van der Waals surface area contributed by atoms with E-state index in [1.807, 2.05) is 6.92 Å². The highest BCUT2D eigenvalue weighted by Crippen LogP contribution is 2.34. The number of sulfonamides is 1. The van der Waals surface area contributed by atoms with E-state index in [1.54, 1.807) is 26.8 Å². The van der Waals surface area contributed by atoms with Crippen molar-refractivity contribution in [3.8, 4) is 17.1 Å². The lowest BCUT2D eigenvalue weighted by Crippen LogP contribution is -2.51. The molecule has 1 aromatic carbocycles. The zero-order chi connectivity index (χ0) is 28.7. The van der Waals surface area contributed by atoms with Gasteiger partial charge in [-0.1, -0.05) is 12.8 Å². The van der Waals surface area contributed by atoms with Crippen LogP contribution in [0.3, 0.4) is 0 Å². The Kier molecular flexibility index (Phi) is 7.57. The second-order valence-corrected chi connectivity index (χ2v) is 13.0. The Bertz CT molecular complexity index is 1560. The van der Waals surface area contributed by atoms with Crippen molar-refractivity contribution in [1.82, 2.24) is 34.0 Å². The van der Waals surface area contributed by atoms with E-state index >= 15 is 0 Å². The molecule has 0 spiro atoms. The van der Waals surface area contributed by atoms with Gasteiger partial charge in [0.1, 0.15) is 11.4 Å². The van der Waals surface area contributed by atoms with E-state index in [-0.39, 0.29) is 48.5 Å². The summed E-state index contributed by atoms with van der Waals surface area (Å²) in [5.41, 5.74) is -0.687. The molecule has 1 saturated heterocycles. The summed E-state index contributed by atoms with van der Waals surface area (Å²) in [6, 6.07) is 4.50. The smallest absolute Gasteiger partial charge is 0.410 e. The highest BCUT2D eigenvalue weighted by molar-refractivity contribution is 7.89. The molecule has 13 nitrogen and oxygen atoms in total. The Morgan fingerprint density at radius 1 is 1.10 bits per heavy atom. The summed E-state index contributed by atoms with van der Waals surface area (Å²) in [5.74, 6) is 1.33. The van der Waals surface area contributed by atoms with Crippen LogP contribution in [0.25, 0.3) is 17.0 Å². The van der Waals surface area contributed by atoms with Gasteiger partial charge in [-0.15, -0.1) is 15.3 Å². The molecule has 1 aliphatic heterocycles. The van der Waals surface area contributed by atoms with Crippen molar-refractivity contribution in [2.75, 3.05) is 32.8 Å². The number of carbonyl (C=O) groups excluding carboxylic acids is 1. The molecule has 1 amide bonds. The predicted octanol–water partition coefficient (Wildman–Crippen LogP) is 2.78. The molecule has 14 heteroatoms. The Morgan fingerprint density at radius 2 is 1.80 bits per heavy atom. The van der Waals surface area contributed by atoms with E-state index < -0.39 is 27.3 Å². The largest absolute Gasteiger partial charge is 0.493 e. The number of aromatic amines is 1. The molecule has 1 saturated carbocycles. The lowest BCUT2D eigenvalue weighted by molar-refractivity contribution is 0.0192. The van der Waals surface area contributed by atoms with Crippen molar-refractivity contribution in [1.29, 1.82) is 0 Å². The SMILES string of the molecule is CCOc1ccc(S(=O)(=O)N2CCN(C(=O)OC(C)(C)C)CC2)cc1-c1nn2c(C3CCCC3)nnc2c(=O)[nH]1. The molecule has 2 fully saturated rings. The molecule has 1 N–H and O–H groups in total. The van der Waals surface area contributed by atoms with Gasteiger partial charge in [-0.05, 0) is 58.7 Å². The lowest BCUT2D eigenvalue weighted by atomic mass is 10.1. The van der Waals surface area contributed by atoms with Gasteiger partial charge in [0.15, 0.2) is 11.6 Å². The average Bonchev–Trinajstić information content (AvgIpc) is 3.58. The Hall–Kier alpha value is -3.52. The van der Waals surface area contributed by atoms with Crippen LogP contribution in [0.4, 0.5) is 4.79 Å². The van der Waals surface area contributed by atoms with Crippen LogP contribution in [0.1, 0.15) is 65.1 Å². The van der Waals surface area contributed by atoms with Gasteiger partial charge in [0.2, 0.25) is 15.7 Å². The molecular formula is C26H35N7O6S. The Labute approximate surface area is 232 Å². The minimum Gasteiger partial charge on any atom is -0.493 e. The molecule has 0 unspecified atom stereocenters. The topological polar surface area (TPSA) is 152 Å². The number of hydrogen-bond acceptors (Lipinski definition) is 9. The van der Waals surface area contributed by atoms with E-state index in [2.05, 4.69) is 20.3 Å². The van der Waals surface area contributed by atoms with Crippen molar-refractivity contribution in [3.63, 3.8) is 0 Å². The molecule has 2 aliphatic rings. The number of amides is 1. The number of hydrogen-bond donors (Lipinski definition) is 1. The summed E-state index contributed by atoms with van der Waals surface area (Å²) >= 11 is 0. The van der Waals surface area contributed by atoms with Crippen LogP contribution < -0.4 is 10.3 Å². The molecule has 0 radical (unpaired) electrons. The fourth-order valence-corrected chi connectivity index (χ4v) is 6.55. The molecule has 3 aromatic rings. The number of nitrogens with one attached hydrogen (secondary N) is 1. The summed E-state index contributed by atoms with van der Waals surface area (Å²) in [6.07, 6.45) is 3.59. The van der Waals surface area contributed by atoms with Gasteiger partial charge in [0.25, 0.3) is 5.56 Å². The van der Waals surface area contributed by atoms with Crippen LogP contribution in [0, 0.1) is 0 Å². The number of nitrogens with zero attached hydrogens (tertiary/aromatic N) is 6. The highest BCUT2D eigenvalue weighted by Gasteiger charge is 2.33. The van der Waals surface area contributed by atoms with Gasteiger partial charge in [-0.2, -0.15) is 8.82 Å². The third-order valence-corrected chi connectivity index (χ3v) is 8.95. The predicted molar refractivity (Wildman–Crippen MR) is 146 cm³/mol. The van der Waals surface area contributed by atoms with Gasteiger partial charge in [-0.25, -0.2) is 13.2 Å². The van der Waals surface area contributed by atoms with Crippen LogP contribution in [0.2, 0.25) is 0 Å². The van der Waals surface area contributed by atoms with Gasteiger partial charge in [-0.3, -0.25) is 4.79 Å². The number of carbonyl (C=O) groups is 1. The maximum absolute atomic E-state index is 13.6. The molecule has 1 aliphatic carbocycles. The standard InChI is InChI=1S/C26H35N7O6S/c1-5-38-20-11-10-18(40(36,37)32-14-12-31(13-15-32)25(35)39-26(2,3)4)16-19(20)21-27-24(34)23-29-28-22(33(23)30-21)17-8-6-7-9-17/h10-11,16-17H,5-9,12-15H2,1-4H3,(H,27,30,34). The zero-order valence-electron chi connectivity index (χ0n) is 23.2. The second-order valence-electron chi connectivity index (χ2n) is 11.0. The van der Waals surface area contributed by atoms with Crippen molar-refractivity contribution in [2.24, 2.45) is 0 Å². The van der Waals surface area contributed by atoms with Crippen LogP contribution in [0.15, 0.2) is 27.9 Å². The normalized spacial score (nSPS) is 17.4. The lowest BCUT2D eigenvalue weighted by Gasteiger charge is -2.35. The van der Waals surface area contributed by atoms with Crippen molar-refractivity contribution in [3.05, 3.63) is 34.4 Å². The summed E-state index contributed by atoms with van der Waals surface area (Å²) < 4.78 is 41.3. The van der Waals surface area contributed by atoms with E-state index in [0.29, 0.717) is 23.7 Å². The van der Waals surface area contributed by atoms with Gasteiger partial charge >= 0.3 is 6.09 Å². The second kappa shape index (κ2) is 10.8. The van der Waals surface area contributed by atoms with Crippen LogP contribution in [0.5, 0.6) is 5.75 Å². The van der Waals surface area contributed by atoms with Crippen molar-refractivity contribution in [2.45, 2.75) is 69.8 Å². The summed E-state index contributed by atoms with van der Waals surface area (Å²) in [6.45, 7) is 8.17. The maximum atomic E-state index is 13.6. The van der Waals surface area contributed by atoms with Gasteiger partial charge in [0, 0.05) is 32.1 Å². The molecule has 0 bridgehead atoms. The first-order valence-corrected chi connectivity index (χ1v) is 15.0. The van der Waals surface area contributed by atoms with Crippen LogP contribution >= 0.6 is 0 Å². The van der Waals surface area contributed by atoms with Gasteiger partial charge < -0.3 is 19.4 Å². The Morgan fingerprint density at radius 3 is 2.45 bits per heavy atom. The molecular weight excluding hydrogens is 538 g/mol. The third-order valence-electron chi connectivity index (χ3n) is 7.05. The highest BCUT2D eigenvalue weighted by atomic mass is 32.2. The van der Waals surface area contributed by atoms with Crippen LogP contribution in [-0.2, 0) is 14.8 Å². The quantitative estimate of drug-likeness (QED) is 0.469. The van der Waals surface area contributed by atoms with E-state index in [0.717, 1.165) is 25.7 Å². The molecule has 0 atom stereocenters. The van der Waals surface area contributed by atoms with Crippen molar-refractivity contribution >= 4 is 21.8 Å². The minimum atomic E-state index is -3.92. The summed E-state index contributed by atoms with van der Waals surface area (Å²) in [4.78, 5) is 29.6. The maximum Gasteiger partial charge on any atom is 0.410 e. The molecule has 5 rings (SSSR count). The first-order valence-electron chi connectivity index (χ1n) is 13.6. The van der Waals surface area contributed by atoms with E-state index in [1.165, 1.54) is 25.9 Å². The Balaban J connectivity index is 1.46. The summed E-state index contributed by atoms with van der Waals surface area (Å²) in [7, 11) is -3.92. The molecule has 3 heterocycles. The monoisotopic (exact) mass is 573 g/mol. The fraction of sp³-hybridized carbons (Fsp3) is 0.577. The summed E-state index contributed by atoms with van der Waals surface area (Å²) in [5, 5.41) is 12.9. The zero-order valence-corrected chi connectivity index (χ0v) is 24.0. The van der Waals surface area contributed by atoms with Crippen LogP contribution in [-0.4, -0.2) is 86.9 Å². The number of fused-ring (bicyclic) bond motifs is 1. The minimum absolute atomic E-state index is 0.0270. The first-order chi connectivity index (χ1) is 19.0. The fourth-order valence-electron chi connectivity index (χ4n) is 5.10. The number of piperazine rings is 1. The number of aromatic nitrogens is 5.